The zero-order valence-electron chi connectivity index (χ0n) is 10.00. The first-order valence-electron chi connectivity index (χ1n) is 6.40. The van der Waals surface area contributed by atoms with Crippen molar-refractivity contribution >= 4 is 17.1 Å². The van der Waals surface area contributed by atoms with Gasteiger partial charge in [0.1, 0.15) is 5.78 Å². The molecule has 0 amide bonds. The van der Waals surface area contributed by atoms with E-state index in [1.807, 2.05) is 11.3 Å². The summed E-state index contributed by atoms with van der Waals surface area (Å²) in [6.07, 6.45) is 7.63. The fourth-order valence-electron chi connectivity index (χ4n) is 2.45. The lowest BCUT2D eigenvalue weighted by atomic mass is 9.99. The Morgan fingerprint density at radius 1 is 1.31 bits per heavy atom. The summed E-state index contributed by atoms with van der Waals surface area (Å²) < 4.78 is 0. The van der Waals surface area contributed by atoms with Crippen molar-refractivity contribution in [3.63, 3.8) is 0 Å². The van der Waals surface area contributed by atoms with E-state index in [-0.39, 0.29) is 0 Å². The van der Waals surface area contributed by atoms with Crippen LogP contribution in [0.2, 0.25) is 0 Å². The van der Waals surface area contributed by atoms with E-state index in [0.717, 1.165) is 32.1 Å². The number of rotatable bonds is 5. The van der Waals surface area contributed by atoms with Gasteiger partial charge in [0.05, 0.1) is 0 Å². The van der Waals surface area contributed by atoms with E-state index in [1.165, 1.54) is 22.6 Å². The van der Waals surface area contributed by atoms with Gasteiger partial charge in [-0.2, -0.15) is 0 Å². The molecule has 0 aliphatic heterocycles. The molecule has 1 aromatic heterocycles. The van der Waals surface area contributed by atoms with Crippen LogP contribution in [0.5, 0.6) is 0 Å². The molecule has 0 unspecified atom stereocenters. The summed E-state index contributed by atoms with van der Waals surface area (Å²) in [5.41, 5.74) is 0. The maximum Gasteiger partial charge on any atom is 0.136 e. The quantitative estimate of drug-likeness (QED) is 0.755. The molecule has 1 fully saturated rings. The predicted octanol–water partition coefficient (Wildman–Crippen LogP) is 4.00. The third-order valence-corrected chi connectivity index (χ3v) is 4.78. The van der Waals surface area contributed by atoms with Crippen LogP contribution in [0.15, 0.2) is 12.1 Å². The highest BCUT2D eigenvalue weighted by molar-refractivity contribution is 7.11. The molecule has 2 rings (SSSR count). The van der Waals surface area contributed by atoms with E-state index in [0.29, 0.717) is 11.7 Å². The highest BCUT2D eigenvalue weighted by Crippen LogP contribution is 2.27. The number of thiophene rings is 1. The van der Waals surface area contributed by atoms with Crippen LogP contribution >= 0.6 is 11.3 Å². The first-order chi connectivity index (χ1) is 7.79. The summed E-state index contributed by atoms with van der Waals surface area (Å²) in [5.74, 6) is 0.898. The van der Waals surface area contributed by atoms with Gasteiger partial charge in [-0.25, -0.2) is 0 Å². The molecule has 0 atom stereocenters. The number of hydrogen-bond donors (Lipinski definition) is 0. The molecule has 0 saturated heterocycles. The SMILES string of the molecule is CCc1ccc(CCC(=O)C2CCCC2)s1. The molecule has 0 bridgehead atoms. The molecule has 1 nitrogen and oxygen atoms in total. The minimum atomic E-state index is 0.394. The Labute approximate surface area is 102 Å². The van der Waals surface area contributed by atoms with Gasteiger partial charge >= 0.3 is 0 Å². The average molecular weight is 236 g/mol. The largest absolute Gasteiger partial charge is 0.299 e. The smallest absolute Gasteiger partial charge is 0.136 e. The van der Waals surface area contributed by atoms with Crippen LogP contribution in [0, 0.1) is 5.92 Å². The van der Waals surface area contributed by atoms with Gasteiger partial charge in [0.15, 0.2) is 0 Å². The second-order valence-corrected chi connectivity index (χ2v) is 5.92. The molecule has 1 heterocycles. The normalized spacial score (nSPS) is 16.8. The Morgan fingerprint density at radius 2 is 2.00 bits per heavy atom. The van der Waals surface area contributed by atoms with Crippen LogP contribution in [-0.2, 0) is 17.6 Å². The lowest BCUT2D eigenvalue weighted by molar-refractivity contribution is -0.122. The molecule has 0 spiro atoms. The van der Waals surface area contributed by atoms with E-state index < -0.39 is 0 Å². The van der Waals surface area contributed by atoms with Gasteiger partial charge in [0.25, 0.3) is 0 Å². The molecule has 16 heavy (non-hydrogen) atoms. The fourth-order valence-corrected chi connectivity index (χ4v) is 3.40. The van der Waals surface area contributed by atoms with Crippen LogP contribution in [0.25, 0.3) is 0 Å². The minimum absolute atomic E-state index is 0.394. The number of Topliss-reactive ketones (excluding diaryl/α,β-unsaturated/α-hetero) is 1. The molecule has 0 N–H and O–H groups in total. The Hall–Kier alpha value is -0.630. The van der Waals surface area contributed by atoms with E-state index in [4.69, 9.17) is 0 Å². The maximum atomic E-state index is 11.9. The average Bonchev–Trinajstić information content (AvgIpc) is 2.96. The molecule has 1 saturated carbocycles. The van der Waals surface area contributed by atoms with Gasteiger partial charge in [-0.3, -0.25) is 4.79 Å². The number of hydrogen-bond acceptors (Lipinski definition) is 2. The molecule has 2 heteroatoms. The van der Waals surface area contributed by atoms with Crippen molar-refractivity contribution in [2.24, 2.45) is 5.92 Å². The van der Waals surface area contributed by atoms with Gasteiger partial charge < -0.3 is 0 Å². The van der Waals surface area contributed by atoms with Crippen LogP contribution in [0.3, 0.4) is 0 Å². The van der Waals surface area contributed by atoms with E-state index in [9.17, 15) is 4.79 Å². The molecule has 0 radical (unpaired) electrons. The molecule has 88 valence electrons. The lowest BCUT2D eigenvalue weighted by Crippen LogP contribution is -2.10. The zero-order valence-corrected chi connectivity index (χ0v) is 10.8. The Kier molecular flexibility index (Phi) is 4.16. The number of carbonyl (C=O) groups excluding carboxylic acids is 1. The summed E-state index contributed by atoms with van der Waals surface area (Å²) in [7, 11) is 0. The van der Waals surface area contributed by atoms with Crippen LogP contribution in [0.1, 0.15) is 48.8 Å². The zero-order chi connectivity index (χ0) is 11.4. The van der Waals surface area contributed by atoms with E-state index in [1.54, 1.807) is 0 Å². The Morgan fingerprint density at radius 3 is 2.62 bits per heavy atom. The second-order valence-electron chi connectivity index (χ2n) is 4.67. The van der Waals surface area contributed by atoms with Crippen LogP contribution < -0.4 is 0 Å². The number of aryl methyl sites for hydroxylation is 2. The molecule has 0 aromatic carbocycles. The van der Waals surface area contributed by atoms with E-state index >= 15 is 0 Å². The minimum Gasteiger partial charge on any atom is -0.299 e. The van der Waals surface area contributed by atoms with Crippen molar-refractivity contribution in [2.75, 3.05) is 0 Å². The second kappa shape index (κ2) is 5.62. The lowest BCUT2D eigenvalue weighted by Gasteiger charge is -2.06. The topological polar surface area (TPSA) is 17.1 Å². The highest BCUT2D eigenvalue weighted by Gasteiger charge is 2.21. The summed E-state index contributed by atoms with van der Waals surface area (Å²) in [6, 6.07) is 4.38. The van der Waals surface area contributed by atoms with Gasteiger partial charge in [-0.05, 0) is 37.8 Å². The maximum absolute atomic E-state index is 11.9. The molecule has 1 aliphatic carbocycles. The van der Waals surface area contributed by atoms with Gasteiger partial charge in [-0.1, -0.05) is 19.8 Å². The first kappa shape index (κ1) is 11.8. The summed E-state index contributed by atoms with van der Waals surface area (Å²) in [4.78, 5) is 14.7. The van der Waals surface area contributed by atoms with Crippen molar-refractivity contribution < 1.29 is 4.79 Å². The predicted molar refractivity (Wildman–Crippen MR) is 69.0 cm³/mol. The Bertz CT molecular complexity index is 347. The highest BCUT2D eigenvalue weighted by atomic mass is 32.1. The molecular formula is C14H20OS. The van der Waals surface area contributed by atoms with Gasteiger partial charge in [0.2, 0.25) is 0 Å². The van der Waals surface area contributed by atoms with Crippen molar-refractivity contribution in [1.29, 1.82) is 0 Å². The summed E-state index contributed by atoms with van der Waals surface area (Å²) >= 11 is 1.87. The monoisotopic (exact) mass is 236 g/mol. The third-order valence-electron chi connectivity index (χ3n) is 3.49. The number of carbonyl (C=O) groups is 1. The van der Waals surface area contributed by atoms with Crippen LogP contribution in [0.4, 0.5) is 0 Å². The van der Waals surface area contributed by atoms with Crippen molar-refractivity contribution in [2.45, 2.75) is 51.9 Å². The Balaban J connectivity index is 1.80. The standard InChI is InChI=1S/C14H20OS/c1-2-12-7-8-13(16-12)9-10-14(15)11-5-3-4-6-11/h7-8,11H,2-6,9-10H2,1H3. The van der Waals surface area contributed by atoms with Crippen molar-refractivity contribution in [3.05, 3.63) is 21.9 Å². The first-order valence-corrected chi connectivity index (χ1v) is 7.21. The molecule has 1 aromatic rings. The summed E-state index contributed by atoms with van der Waals surface area (Å²) in [6.45, 7) is 2.18. The van der Waals surface area contributed by atoms with Gasteiger partial charge in [0, 0.05) is 22.1 Å². The molecule has 1 aliphatic rings. The van der Waals surface area contributed by atoms with E-state index in [2.05, 4.69) is 19.1 Å². The fraction of sp³-hybridized carbons (Fsp3) is 0.643. The van der Waals surface area contributed by atoms with Gasteiger partial charge in [-0.15, -0.1) is 11.3 Å². The van der Waals surface area contributed by atoms with Crippen molar-refractivity contribution in [1.82, 2.24) is 0 Å². The summed E-state index contributed by atoms with van der Waals surface area (Å²) in [5, 5.41) is 0. The van der Waals surface area contributed by atoms with Crippen LogP contribution in [-0.4, -0.2) is 5.78 Å². The third kappa shape index (κ3) is 2.94. The number of ketones is 1. The molecular weight excluding hydrogens is 216 g/mol. The van der Waals surface area contributed by atoms with Crippen molar-refractivity contribution in [3.8, 4) is 0 Å².